The van der Waals surface area contributed by atoms with Crippen molar-refractivity contribution in [3.8, 4) is 0 Å². The standard InChI is InChI=1S/C11H15F2NO2S/c1-17(15,16)6-2-5-14-8-9-7-10(12)3-4-11(9)13/h3-4,7,14H,2,5-6,8H2,1H3. The molecule has 0 aliphatic heterocycles. The lowest BCUT2D eigenvalue weighted by atomic mass is 10.2. The number of halogens is 2. The zero-order valence-corrected chi connectivity index (χ0v) is 10.4. The Balaban J connectivity index is 2.34. The smallest absolute Gasteiger partial charge is 0.147 e. The Morgan fingerprint density at radius 3 is 2.65 bits per heavy atom. The van der Waals surface area contributed by atoms with Gasteiger partial charge in [-0.25, -0.2) is 17.2 Å². The maximum atomic E-state index is 13.2. The molecule has 0 atom stereocenters. The van der Waals surface area contributed by atoms with E-state index in [-0.39, 0.29) is 17.9 Å². The molecule has 0 saturated carbocycles. The molecule has 1 aromatic rings. The normalized spacial score (nSPS) is 11.7. The molecule has 0 amide bonds. The molecule has 0 aliphatic carbocycles. The minimum Gasteiger partial charge on any atom is -0.313 e. The molecule has 0 fully saturated rings. The van der Waals surface area contributed by atoms with E-state index in [2.05, 4.69) is 5.32 Å². The third kappa shape index (κ3) is 5.74. The average molecular weight is 263 g/mol. The minimum atomic E-state index is -2.96. The van der Waals surface area contributed by atoms with Crippen molar-refractivity contribution in [1.29, 1.82) is 0 Å². The quantitative estimate of drug-likeness (QED) is 0.791. The molecular formula is C11H15F2NO2S. The van der Waals surface area contributed by atoms with E-state index >= 15 is 0 Å². The van der Waals surface area contributed by atoms with Gasteiger partial charge in [0.1, 0.15) is 21.5 Å². The third-order valence-electron chi connectivity index (χ3n) is 2.19. The Morgan fingerprint density at radius 1 is 1.29 bits per heavy atom. The summed E-state index contributed by atoms with van der Waals surface area (Å²) in [5.74, 6) is -0.868. The highest BCUT2D eigenvalue weighted by atomic mass is 32.2. The Bertz CT molecular complexity index is 474. The maximum Gasteiger partial charge on any atom is 0.147 e. The molecule has 0 aliphatic rings. The van der Waals surface area contributed by atoms with Crippen LogP contribution >= 0.6 is 0 Å². The van der Waals surface area contributed by atoms with Crippen LogP contribution in [0.2, 0.25) is 0 Å². The molecule has 17 heavy (non-hydrogen) atoms. The van der Waals surface area contributed by atoms with Gasteiger partial charge in [0.2, 0.25) is 0 Å². The van der Waals surface area contributed by atoms with Gasteiger partial charge in [0.15, 0.2) is 0 Å². The number of hydrogen-bond donors (Lipinski definition) is 1. The monoisotopic (exact) mass is 263 g/mol. The first-order valence-electron chi connectivity index (χ1n) is 5.21. The van der Waals surface area contributed by atoms with Crippen LogP contribution in [0.1, 0.15) is 12.0 Å². The van der Waals surface area contributed by atoms with Crippen molar-refractivity contribution in [1.82, 2.24) is 5.32 Å². The molecule has 1 rings (SSSR count). The molecule has 0 radical (unpaired) electrons. The third-order valence-corrected chi connectivity index (χ3v) is 3.22. The summed E-state index contributed by atoms with van der Waals surface area (Å²) >= 11 is 0. The van der Waals surface area contributed by atoms with Crippen LogP contribution in [0.5, 0.6) is 0 Å². The highest BCUT2D eigenvalue weighted by Gasteiger charge is 2.04. The fourth-order valence-electron chi connectivity index (χ4n) is 1.36. The van der Waals surface area contributed by atoms with E-state index in [0.717, 1.165) is 18.2 Å². The van der Waals surface area contributed by atoms with Crippen molar-refractivity contribution in [3.63, 3.8) is 0 Å². The van der Waals surface area contributed by atoms with Gasteiger partial charge in [-0.1, -0.05) is 0 Å². The number of hydrogen-bond acceptors (Lipinski definition) is 3. The fraction of sp³-hybridized carbons (Fsp3) is 0.455. The van der Waals surface area contributed by atoms with E-state index in [0.29, 0.717) is 13.0 Å². The van der Waals surface area contributed by atoms with Gasteiger partial charge in [-0.2, -0.15) is 0 Å². The van der Waals surface area contributed by atoms with E-state index in [1.807, 2.05) is 0 Å². The van der Waals surface area contributed by atoms with E-state index in [4.69, 9.17) is 0 Å². The number of nitrogens with one attached hydrogen (secondary N) is 1. The van der Waals surface area contributed by atoms with Crippen molar-refractivity contribution >= 4 is 9.84 Å². The molecule has 1 N–H and O–H groups in total. The topological polar surface area (TPSA) is 46.2 Å². The van der Waals surface area contributed by atoms with Crippen LogP contribution in [0.15, 0.2) is 18.2 Å². The summed E-state index contributed by atoms with van der Waals surface area (Å²) in [6.45, 7) is 0.635. The van der Waals surface area contributed by atoms with Crippen LogP contribution in [0.3, 0.4) is 0 Å². The summed E-state index contributed by atoms with van der Waals surface area (Å²) in [6, 6.07) is 3.25. The second-order valence-electron chi connectivity index (χ2n) is 3.90. The summed E-state index contributed by atoms with van der Waals surface area (Å²) in [5.41, 5.74) is 0.240. The van der Waals surface area contributed by atoms with E-state index in [1.54, 1.807) is 0 Å². The van der Waals surface area contributed by atoms with Crippen molar-refractivity contribution in [3.05, 3.63) is 35.4 Å². The lowest BCUT2D eigenvalue weighted by Gasteiger charge is -2.05. The van der Waals surface area contributed by atoms with E-state index in [9.17, 15) is 17.2 Å². The minimum absolute atomic E-state index is 0.0889. The average Bonchev–Trinajstić information content (AvgIpc) is 2.21. The summed E-state index contributed by atoms with van der Waals surface area (Å²) in [6.07, 6.45) is 1.62. The van der Waals surface area contributed by atoms with E-state index < -0.39 is 21.5 Å². The maximum absolute atomic E-state index is 13.2. The second-order valence-corrected chi connectivity index (χ2v) is 6.16. The molecule has 0 heterocycles. The summed E-state index contributed by atoms with van der Waals surface area (Å²) in [5, 5.41) is 2.87. The van der Waals surface area contributed by atoms with Crippen LogP contribution in [0.25, 0.3) is 0 Å². The van der Waals surface area contributed by atoms with Gasteiger partial charge >= 0.3 is 0 Å². The van der Waals surface area contributed by atoms with Gasteiger partial charge in [-0.05, 0) is 31.2 Å². The Morgan fingerprint density at radius 2 is 2.00 bits per heavy atom. The predicted molar refractivity (Wildman–Crippen MR) is 62.4 cm³/mol. The van der Waals surface area contributed by atoms with Crippen LogP contribution < -0.4 is 5.32 Å². The molecular weight excluding hydrogens is 248 g/mol. The van der Waals surface area contributed by atoms with Crippen molar-refractivity contribution in [2.24, 2.45) is 0 Å². The van der Waals surface area contributed by atoms with Crippen molar-refractivity contribution in [2.75, 3.05) is 18.6 Å². The first-order chi connectivity index (χ1) is 7.88. The van der Waals surface area contributed by atoms with Gasteiger partial charge in [0.05, 0.1) is 5.75 Å². The number of benzene rings is 1. The van der Waals surface area contributed by atoms with Gasteiger partial charge in [0.25, 0.3) is 0 Å². The first-order valence-corrected chi connectivity index (χ1v) is 7.27. The largest absolute Gasteiger partial charge is 0.313 e. The van der Waals surface area contributed by atoms with E-state index in [1.165, 1.54) is 6.26 Å². The van der Waals surface area contributed by atoms with Gasteiger partial charge < -0.3 is 5.32 Å². The van der Waals surface area contributed by atoms with Gasteiger partial charge in [0, 0.05) is 18.4 Å². The number of sulfone groups is 1. The van der Waals surface area contributed by atoms with Crippen molar-refractivity contribution < 1.29 is 17.2 Å². The highest BCUT2D eigenvalue weighted by Crippen LogP contribution is 2.08. The fourth-order valence-corrected chi connectivity index (χ4v) is 2.03. The van der Waals surface area contributed by atoms with Crippen LogP contribution in [0, 0.1) is 11.6 Å². The Labute approximate surface area is 99.8 Å². The Kier molecular flexibility index (Phi) is 5.02. The summed E-state index contributed by atoms with van der Waals surface area (Å²) in [7, 11) is -2.96. The van der Waals surface area contributed by atoms with Gasteiger partial charge in [-0.15, -0.1) is 0 Å². The molecule has 96 valence electrons. The highest BCUT2D eigenvalue weighted by molar-refractivity contribution is 7.90. The molecule has 0 saturated heterocycles. The molecule has 3 nitrogen and oxygen atoms in total. The van der Waals surface area contributed by atoms with Crippen LogP contribution in [0.4, 0.5) is 8.78 Å². The van der Waals surface area contributed by atoms with Gasteiger partial charge in [-0.3, -0.25) is 0 Å². The number of rotatable bonds is 6. The Hall–Kier alpha value is -1.01. The predicted octanol–water partition coefficient (Wildman–Crippen LogP) is 1.49. The van der Waals surface area contributed by atoms with Crippen LogP contribution in [-0.2, 0) is 16.4 Å². The zero-order chi connectivity index (χ0) is 12.9. The molecule has 6 heteroatoms. The van der Waals surface area contributed by atoms with Crippen LogP contribution in [-0.4, -0.2) is 27.0 Å². The molecule has 0 bridgehead atoms. The first kappa shape index (κ1) is 14.1. The lowest BCUT2D eigenvalue weighted by molar-refractivity contribution is 0.565. The summed E-state index contributed by atoms with van der Waals surface area (Å²) < 4.78 is 47.6. The van der Waals surface area contributed by atoms with Crippen molar-refractivity contribution in [2.45, 2.75) is 13.0 Å². The second kappa shape index (κ2) is 6.07. The molecule has 0 unspecified atom stereocenters. The molecule has 0 aromatic heterocycles. The zero-order valence-electron chi connectivity index (χ0n) is 9.54. The molecule has 0 spiro atoms. The summed E-state index contributed by atoms with van der Waals surface area (Å²) in [4.78, 5) is 0. The molecule has 1 aromatic carbocycles. The lowest BCUT2D eigenvalue weighted by Crippen LogP contribution is -2.18. The SMILES string of the molecule is CS(=O)(=O)CCCNCc1cc(F)ccc1F.